The van der Waals surface area contributed by atoms with Crippen molar-refractivity contribution in [2.24, 2.45) is 0 Å². The highest BCUT2D eigenvalue weighted by Gasteiger charge is 2.28. The van der Waals surface area contributed by atoms with Crippen LogP contribution in [0.5, 0.6) is 0 Å². The summed E-state index contributed by atoms with van der Waals surface area (Å²) in [6, 6.07) is 18.8. The van der Waals surface area contributed by atoms with Crippen LogP contribution in [0, 0.1) is 0 Å². The van der Waals surface area contributed by atoms with Crippen molar-refractivity contribution in [2.45, 2.75) is 37.8 Å². The summed E-state index contributed by atoms with van der Waals surface area (Å²) in [5, 5.41) is 10.6. The molecule has 0 bridgehead atoms. The van der Waals surface area contributed by atoms with Crippen molar-refractivity contribution in [1.29, 1.82) is 0 Å². The molecule has 4 rings (SSSR count). The second-order valence-corrected chi connectivity index (χ2v) is 7.85. The van der Waals surface area contributed by atoms with Crippen LogP contribution in [-0.4, -0.2) is 53.1 Å². The average Bonchev–Trinajstić information content (AvgIpc) is 2.70. The van der Waals surface area contributed by atoms with E-state index < -0.39 is 6.10 Å². The molecule has 1 amide bonds. The Labute approximate surface area is 161 Å². The zero-order valence-electron chi connectivity index (χ0n) is 15.8. The molecule has 2 aliphatic heterocycles. The third kappa shape index (κ3) is 4.40. The van der Waals surface area contributed by atoms with Crippen molar-refractivity contribution < 1.29 is 9.90 Å². The molecule has 2 heterocycles. The molecule has 2 aliphatic rings. The fourth-order valence-electron chi connectivity index (χ4n) is 4.40. The Bertz CT molecular complexity index is 777. The molecule has 0 saturated carbocycles. The van der Waals surface area contributed by atoms with E-state index in [2.05, 4.69) is 41.3 Å². The number of carbonyl (C=O) groups is 1. The molecule has 0 aromatic heterocycles. The van der Waals surface area contributed by atoms with Crippen molar-refractivity contribution in [1.82, 2.24) is 9.80 Å². The predicted molar refractivity (Wildman–Crippen MR) is 106 cm³/mol. The number of β-amino-alcohol motifs (C(OH)–C–C–N with tert-alkyl or cyclic N) is 1. The first kappa shape index (κ1) is 18.2. The fraction of sp³-hybridized carbons (Fsp3) is 0.435. The first-order valence-electron chi connectivity index (χ1n) is 9.99. The van der Waals surface area contributed by atoms with E-state index in [0.717, 1.165) is 32.5 Å². The van der Waals surface area contributed by atoms with Crippen LogP contribution in [0.25, 0.3) is 0 Å². The quantitative estimate of drug-likeness (QED) is 0.887. The number of likely N-dealkylation sites (tertiary alicyclic amines) is 1. The molecule has 1 fully saturated rings. The molecule has 2 atom stereocenters. The van der Waals surface area contributed by atoms with Gasteiger partial charge in [-0.1, -0.05) is 54.6 Å². The average molecular weight is 364 g/mol. The maximum absolute atomic E-state index is 12.6. The maximum Gasteiger partial charge on any atom is 0.223 e. The normalized spacial score (nSPS) is 21.7. The number of carbonyl (C=O) groups excluding carboxylic acids is 1. The molecule has 0 spiro atoms. The third-order valence-corrected chi connectivity index (χ3v) is 5.90. The van der Waals surface area contributed by atoms with Crippen LogP contribution in [-0.2, 0) is 17.8 Å². The number of amides is 1. The highest BCUT2D eigenvalue weighted by atomic mass is 16.3. The fourth-order valence-corrected chi connectivity index (χ4v) is 4.40. The lowest BCUT2D eigenvalue weighted by molar-refractivity contribution is -0.135. The minimum atomic E-state index is -0.493. The molecule has 0 radical (unpaired) electrons. The van der Waals surface area contributed by atoms with E-state index in [1.165, 1.54) is 16.7 Å². The molecule has 1 N–H and O–H groups in total. The SMILES string of the molecule is O=C1CC(c2ccccc2)CCN1C[C@H](O)CN1CCc2ccccc2C1. The number of piperidine rings is 1. The molecule has 2 aromatic rings. The number of aliphatic hydroxyl groups is 1. The van der Waals surface area contributed by atoms with Crippen molar-refractivity contribution in [3.8, 4) is 0 Å². The zero-order chi connectivity index (χ0) is 18.6. The Morgan fingerprint density at radius 3 is 2.48 bits per heavy atom. The number of nitrogens with zero attached hydrogens (tertiary/aromatic N) is 2. The van der Waals surface area contributed by atoms with Crippen LogP contribution in [0.3, 0.4) is 0 Å². The standard InChI is InChI=1S/C23H28N2O2/c26-22(16-24-12-10-19-8-4-5-9-21(19)15-24)17-25-13-11-20(14-23(25)27)18-6-2-1-3-7-18/h1-9,20,22,26H,10-17H2/t20?,22-/m1/s1. The molecule has 142 valence electrons. The van der Waals surface area contributed by atoms with E-state index in [1.54, 1.807) is 0 Å². The van der Waals surface area contributed by atoms with Crippen molar-refractivity contribution in [2.75, 3.05) is 26.2 Å². The number of rotatable bonds is 5. The summed E-state index contributed by atoms with van der Waals surface area (Å²) < 4.78 is 0. The Hall–Kier alpha value is -2.17. The minimum Gasteiger partial charge on any atom is -0.390 e. The van der Waals surface area contributed by atoms with E-state index in [9.17, 15) is 9.90 Å². The second-order valence-electron chi connectivity index (χ2n) is 7.85. The Morgan fingerprint density at radius 2 is 1.70 bits per heavy atom. The predicted octanol–water partition coefficient (Wildman–Crippen LogP) is 2.81. The number of benzene rings is 2. The first-order valence-corrected chi connectivity index (χ1v) is 9.99. The number of fused-ring (bicyclic) bond motifs is 1. The van der Waals surface area contributed by atoms with Gasteiger partial charge in [0.05, 0.1) is 6.10 Å². The lowest BCUT2D eigenvalue weighted by Crippen LogP contribution is -2.46. The van der Waals surface area contributed by atoms with Gasteiger partial charge in [0, 0.05) is 39.1 Å². The van der Waals surface area contributed by atoms with E-state index in [-0.39, 0.29) is 5.91 Å². The molecule has 4 nitrogen and oxygen atoms in total. The van der Waals surface area contributed by atoms with Gasteiger partial charge in [0.2, 0.25) is 5.91 Å². The Morgan fingerprint density at radius 1 is 0.963 bits per heavy atom. The minimum absolute atomic E-state index is 0.165. The lowest BCUT2D eigenvalue weighted by atomic mass is 9.89. The maximum atomic E-state index is 12.6. The highest BCUT2D eigenvalue weighted by molar-refractivity contribution is 5.78. The van der Waals surface area contributed by atoms with Crippen molar-refractivity contribution >= 4 is 5.91 Å². The summed E-state index contributed by atoms with van der Waals surface area (Å²) in [4.78, 5) is 16.7. The summed E-state index contributed by atoms with van der Waals surface area (Å²) in [6.45, 7) is 3.66. The molecule has 2 aromatic carbocycles. The monoisotopic (exact) mass is 364 g/mol. The van der Waals surface area contributed by atoms with Gasteiger partial charge < -0.3 is 10.0 Å². The van der Waals surface area contributed by atoms with Gasteiger partial charge in [-0.15, -0.1) is 0 Å². The van der Waals surface area contributed by atoms with Gasteiger partial charge in [-0.3, -0.25) is 9.69 Å². The van der Waals surface area contributed by atoms with E-state index >= 15 is 0 Å². The van der Waals surface area contributed by atoms with Gasteiger partial charge in [-0.25, -0.2) is 0 Å². The third-order valence-electron chi connectivity index (χ3n) is 5.90. The van der Waals surface area contributed by atoms with Crippen LogP contribution in [0.1, 0.15) is 35.4 Å². The van der Waals surface area contributed by atoms with Gasteiger partial charge >= 0.3 is 0 Å². The van der Waals surface area contributed by atoms with Gasteiger partial charge in [0.15, 0.2) is 0 Å². The summed E-state index contributed by atoms with van der Waals surface area (Å²) in [5.41, 5.74) is 4.02. The van der Waals surface area contributed by atoms with Gasteiger partial charge in [0.25, 0.3) is 0 Å². The highest BCUT2D eigenvalue weighted by Crippen LogP contribution is 2.28. The smallest absolute Gasteiger partial charge is 0.223 e. The van der Waals surface area contributed by atoms with Gasteiger partial charge in [-0.2, -0.15) is 0 Å². The molecule has 0 aliphatic carbocycles. The van der Waals surface area contributed by atoms with Crippen molar-refractivity contribution in [3.05, 3.63) is 71.3 Å². The van der Waals surface area contributed by atoms with Gasteiger partial charge in [-0.05, 0) is 35.4 Å². The van der Waals surface area contributed by atoms with E-state index in [0.29, 0.717) is 25.4 Å². The Kier molecular flexibility index (Phi) is 5.55. The topological polar surface area (TPSA) is 43.8 Å². The summed E-state index contributed by atoms with van der Waals surface area (Å²) in [6.07, 6.45) is 2.06. The molecule has 1 unspecified atom stereocenters. The molecule has 1 saturated heterocycles. The molecular formula is C23H28N2O2. The van der Waals surface area contributed by atoms with Gasteiger partial charge in [0.1, 0.15) is 0 Å². The van der Waals surface area contributed by atoms with Crippen LogP contribution in [0.15, 0.2) is 54.6 Å². The molecule has 27 heavy (non-hydrogen) atoms. The van der Waals surface area contributed by atoms with Crippen molar-refractivity contribution in [3.63, 3.8) is 0 Å². The van der Waals surface area contributed by atoms with Crippen LogP contribution < -0.4 is 0 Å². The second kappa shape index (κ2) is 8.24. The number of hydrogen-bond acceptors (Lipinski definition) is 3. The van der Waals surface area contributed by atoms with Crippen LogP contribution in [0.2, 0.25) is 0 Å². The van der Waals surface area contributed by atoms with Crippen LogP contribution >= 0.6 is 0 Å². The number of aliphatic hydroxyl groups excluding tert-OH is 1. The molecule has 4 heteroatoms. The molecular weight excluding hydrogens is 336 g/mol. The van der Waals surface area contributed by atoms with Crippen LogP contribution in [0.4, 0.5) is 0 Å². The largest absolute Gasteiger partial charge is 0.390 e. The zero-order valence-corrected chi connectivity index (χ0v) is 15.8. The summed E-state index contributed by atoms with van der Waals surface area (Å²) >= 11 is 0. The lowest BCUT2D eigenvalue weighted by Gasteiger charge is -2.35. The first-order chi connectivity index (χ1) is 13.2. The van der Waals surface area contributed by atoms with E-state index in [4.69, 9.17) is 0 Å². The summed E-state index contributed by atoms with van der Waals surface area (Å²) in [7, 11) is 0. The summed E-state index contributed by atoms with van der Waals surface area (Å²) in [5.74, 6) is 0.476. The Balaban J connectivity index is 1.28. The van der Waals surface area contributed by atoms with E-state index in [1.807, 2.05) is 23.1 Å². The number of hydrogen-bond donors (Lipinski definition) is 1.